The van der Waals surface area contributed by atoms with Crippen molar-refractivity contribution in [1.82, 2.24) is 30.2 Å². The van der Waals surface area contributed by atoms with Gasteiger partial charge < -0.3 is 16.4 Å². The molecule has 2 aromatic heterocycles. The van der Waals surface area contributed by atoms with Gasteiger partial charge in [-0.15, -0.1) is 5.10 Å². The van der Waals surface area contributed by atoms with Crippen LogP contribution in [0, 0.1) is 13.8 Å². The molecule has 0 spiro atoms. The lowest BCUT2D eigenvalue weighted by atomic mass is 10.1. The Hall–Kier alpha value is -4.03. The zero-order chi connectivity index (χ0) is 25.0. The Morgan fingerprint density at radius 2 is 1.74 bits per heavy atom. The lowest BCUT2D eigenvalue weighted by molar-refractivity contribution is -0.144. The summed E-state index contributed by atoms with van der Waals surface area (Å²) in [5, 5.41) is 8.62. The molecule has 0 aliphatic heterocycles. The molecule has 13 heteroatoms. The number of halogens is 3. The predicted molar refractivity (Wildman–Crippen MR) is 113 cm³/mol. The summed E-state index contributed by atoms with van der Waals surface area (Å²) in [7, 11) is 0. The van der Waals surface area contributed by atoms with Crippen molar-refractivity contribution < 1.29 is 27.6 Å². The first-order valence-electron chi connectivity index (χ1n) is 10.2. The van der Waals surface area contributed by atoms with E-state index in [1.807, 2.05) is 0 Å². The summed E-state index contributed by atoms with van der Waals surface area (Å²) in [4.78, 5) is 42.4. The molecule has 0 radical (unpaired) electrons. The molecule has 0 unspecified atom stereocenters. The number of rotatable bonds is 8. The molecule has 1 aromatic carbocycles. The fourth-order valence-corrected chi connectivity index (χ4v) is 3.26. The van der Waals surface area contributed by atoms with Gasteiger partial charge in [0, 0.05) is 29.9 Å². The highest BCUT2D eigenvalue weighted by atomic mass is 19.4. The highest BCUT2D eigenvalue weighted by Gasteiger charge is 2.37. The van der Waals surface area contributed by atoms with Crippen molar-refractivity contribution in [2.75, 3.05) is 6.54 Å². The number of benzene rings is 1. The van der Waals surface area contributed by atoms with Crippen molar-refractivity contribution >= 4 is 23.5 Å². The zero-order valence-corrected chi connectivity index (χ0v) is 18.4. The fraction of sp³-hybridized carbons (Fsp3) is 0.333. The third kappa shape index (κ3) is 5.85. The molecule has 4 N–H and O–H groups in total. The number of nitrogens with two attached hydrogens (primary N) is 1. The summed E-state index contributed by atoms with van der Waals surface area (Å²) < 4.78 is 39.8. The molecule has 3 amide bonds. The second-order valence-corrected chi connectivity index (χ2v) is 7.53. The van der Waals surface area contributed by atoms with Crippen LogP contribution in [-0.4, -0.2) is 43.8 Å². The molecule has 0 bridgehead atoms. The number of hydrogen-bond donors (Lipinski definition) is 3. The molecule has 0 aliphatic carbocycles. The van der Waals surface area contributed by atoms with Crippen LogP contribution in [0.3, 0.4) is 0 Å². The molecular formula is C21H22F3N7O3. The minimum absolute atomic E-state index is 0.0866. The number of aromatic nitrogens is 4. The molecule has 180 valence electrons. The first-order chi connectivity index (χ1) is 16.0. The van der Waals surface area contributed by atoms with Crippen LogP contribution in [0.25, 0.3) is 5.78 Å². The standard InChI is InChI=1S/C21H22F3N7O3/c1-11-15(12(2)31-20(28-11)29-19(30-31)21(22,23)24)7-8-17(33)26-9-13-3-5-14(6-4-13)18(34)27-10-16(25)32/h3-6H,7-10H2,1-2H3,(H2,25,32)(H,26,33)(H,27,34). The van der Waals surface area contributed by atoms with Crippen molar-refractivity contribution in [2.45, 2.75) is 39.4 Å². The molecule has 34 heavy (non-hydrogen) atoms. The van der Waals surface area contributed by atoms with E-state index in [0.29, 0.717) is 22.5 Å². The van der Waals surface area contributed by atoms with Gasteiger partial charge in [0.05, 0.1) is 6.54 Å². The summed E-state index contributed by atoms with van der Waals surface area (Å²) in [5.41, 5.74) is 7.60. The van der Waals surface area contributed by atoms with E-state index in [1.54, 1.807) is 38.1 Å². The zero-order valence-electron chi connectivity index (χ0n) is 18.4. The highest BCUT2D eigenvalue weighted by Crippen LogP contribution is 2.27. The van der Waals surface area contributed by atoms with E-state index in [0.717, 1.165) is 10.1 Å². The molecule has 0 atom stereocenters. The average Bonchev–Trinajstić information content (AvgIpc) is 3.21. The summed E-state index contributed by atoms with van der Waals surface area (Å²) >= 11 is 0. The van der Waals surface area contributed by atoms with E-state index in [1.165, 1.54) is 0 Å². The summed E-state index contributed by atoms with van der Waals surface area (Å²) in [6.45, 7) is 3.20. The van der Waals surface area contributed by atoms with Crippen molar-refractivity contribution in [2.24, 2.45) is 5.73 Å². The van der Waals surface area contributed by atoms with Gasteiger partial charge in [0.2, 0.25) is 11.8 Å². The monoisotopic (exact) mass is 477 g/mol. The SMILES string of the molecule is Cc1nc2nc(C(F)(F)F)nn2c(C)c1CCC(=O)NCc1ccc(C(=O)NCC(N)=O)cc1. The number of amides is 3. The molecule has 0 saturated carbocycles. The van der Waals surface area contributed by atoms with Crippen molar-refractivity contribution in [3.05, 3.63) is 58.2 Å². The van der Waals surface area contributed by atoms with Gasteiger partial charge in [-0.25, -0.2) is 9.50 Å². The first-order valence-corrected chi connectivity index (χ1v) is 10.2. The van der Waals surface area contributed by atoms with E-state index < -0.39 is 23.8 Å². The number of hydrogen-bond acceptors (Lipinski definition) is 6. The Labute approximate surface area is 191 Å². The van der Waals surface area contributed by atoms with Crippen LogP contribution < -0.4 is 16.4 Å². The van der Waals surface area contributed by atoms with Gasteiger partial charge in [0.15, 0.2) is 0 Å². The Balaban J connectivity index is 1.58. The number of aryl methyl sites for hydroxylation is 2. The van der Waals surface area contributed by atoms with Gasteiger partial charge >= 0.3 is 6.18 Å². The number of alkyl halides is 3. The van der Waals surface area contributed by atoms with Crippen LogP contribution in [0.5, 0.6) is 0 Å². The molecule has 0 fully saturated rings. The van der Waals surface area contributed by atoms with E-state index >= 15 is 0 Å². The lowest BCUT2D eigenvalue weighted by Crippen LogP contribution is -2.33. The number of carbonyl (C=O) groups is 3. The second-order valence-electron chi connectivity index (χ2n) is 7.53. The topological polar surface area (TPSA) is 144 Å². The Morgan fingerprint density at radius 3 is 2.35 bits per heavy atom. The maximum Gasteiger partial charge on any atom is 0.453 e. The van der Waals surface area contributed by atoms with Gasteiger partial charge in [-0.05, 0) is 43.5 Å². The van der Waals surface area contributed by atoms with Crippen LogP contribution in [0.2, 0.25) is 0 Å². The highest BCUT2D eigenvalue weighted by molar-refractivity contribution is 5.96. The number of nitrogens with one attached hydrogen (secondary N) is 2. The smallest absolute Gasteiger partial charge is 0.368 e. The molecular weight excluding hydrogens is 455 g/mol. The third-order valence-corrected chi connectivity index (χ3v) is 5.03. The molecule has 0 saturated heterocycles. The van der Waals surface area contributed by atoms with E-state index in [2.05, 4.69) is 25.7 Å². The van der Waals surface area contributed by atoms with Crippen LogP contribution in [0.4, 0.5) is 13.2 Å². The van der Waals surface area contributed by atoms with Gasteiger partial charge in [0.25, 0.3) is 17.5 Å². The summed E-state index contributed by atoms with van der Waals surface area (Å²) in [6.07, 6.45) is -4.34. The van der Waals surface area contributed by atoms with Crippen LogP contribution in [0.15, 0.2) is 24.3 Å². The maximum atomic E-state index is 12.9. The quantitative estimate of drug-likeness (QED) is 0.445. The normalized spacial score (nSPS) is 11.4. The van der Waals surface area contributed by atoms with Crippen LogP contribution >= 0.6 is 0 Å². The summed E-state index contributed by atoms with van der Waals surface area (Å²) in [5.74, 6) is -2.78. The fourth-order valence-electron chi connectivity index (χ4n) is 3.26. The Kier molecular flexibility index (Phi) is 7.13. The van der Waals surface area contributed by atoms with Gasteiger partial charge in [0.1, 0.15) is 0 Å². The maximum absolute atomic E-state index is 12.9. The molecule has 2 heterocycles. The van der Waals surface area contributed by atoms with E-state index in [4.69, 9.17) is 5.73 Å². The Bertz CT molecular complexity index is 1240. The van der Waals surface area contributed by atoms with Crippen molar-refractivity contribution in [3.8, 4) is 0 Å². The van der Waals surface area contributed by atoms with E-state index in [-0.39, 0.29) is 37.6 Å². The van der Waals surface area contributed by atoms with E-state index in [9.17, 15) is 27.6 Å². The van der Waals surface area contributed by atoms with Gasteiger partial charge in [-0.3, -0.25) is 14.4 Å². The van der Waals surface area contributed by atoms with Gasteiger partial charge in [-0.2, -0.15) is 18.2 Å². The minimum Gasteiger partial charge on any atom is -0.368 e. The lowest BCUT2D eigenvalue weighted by Gasteiger charge is -2.11. The number of primary amides is 1. The minimum atomic E-state index is -4.68. The molecule has 10 nitrogen and oxygen atoms in total. The number of carbonyl (C=O) groups excluding carboxylic acids is 3. The van der Waals surface area contributed by atoms with Gasteiger partial charge in [-0.1, -0.05) is 12.1 Å². The largest absolute Gasteiger partial charge is 0.453 e. The first kappa shape index (κ1) is 24.6. The van der Waals surface area contributed by atoms with Crippen molar-refractivity contribution in [3.63, 3.8) is 0 Å². The number of nitrogens with zero attached hydrogens (tertiary/aromatic N) is 4. The molecule has 3 aromatic rings. The summed E-state index contributed by atoms with van der Waals surface area (Å²) in [6, 6.07) is 6.43. The number of fused-ring (bicyclic) bond motifs is 1. The van der Waals surface area contributed by atoms with Crippen LogP contribution in [0.1, 0.15) is 45.1 Å². The predicted octanol–water partition coefficient (Wildman–Crippen LogP) is 1.22. The Morgan fingerprint density at radius 1 is 1.06 bits per heavy atom. The average molecular weight is 477 g/mol. The van der Waals surface area contributed by atoms with Crippen molar-refractivity contribution in [1.29, 1.82) is 0 Å². The molecule has 3 rings (SSSR count). The van der Waals surface area contributed by atoms with Crippen LogP contribution in [-0.2, 0) is 28.7 Å². The molecule has 0 aliphatic rings. The third-order valence-electron chi connectivity index (χ3n) is 5.03. The second kappa shape index (κ2) is 9.85.